The Morgan fingerprint density at radius 2 is 2.20 bits per heavy atom. The number of benzene rings is 1. The average molecular weight is 277 g/mol. The van der Waals surface area contributed by atoms with Crippen LogP contribution in [0.4, 0.5) is 0 Å². The molecule has 1 N–H and O–H groups in total. The number of rotatable bonds is 2. The number of hydrogen-bond donors (Lipinski definition) is 1. The number of aliphatic hydroxyl groups excluding tert-OH is 1. The zero-order valence-corrected chi connectivity index (χ0v) is 12.2. The van der Waals surface area contributed by atoms with Crippen molar-refractivity contribution in [3.8, 4) is 11.5 Å². The summed E-state index contributed by atoms with van der Waals surface area (Å²) in [6.07, 6.45) is 3.20. The van der Waals surface area contributed by atoms with Gasteiger partial charge in [0, 0.05) is 11.6 Å². The van der Waals surface area contributed by atoms with Crippen molar-refractivity contribution in [2.24, 2.45) is 0 Å². The first-order valence-electron chi connectivity index (χ1n) is 7.45. The molecule has 0 aromatic heterocycles. The standard InChI is InChI=1S/C16H23NO3/c1-11-5-3-4-8-17(11)16-13-9-12(19-2)6-7-15(13)20-10-14(16)18/h6-7,9,11,14,16,18H,3-5,8,10H2,1-2H3. The third-order valence-electron chi connectivity index (χ3n) is 4.52. The Balaban J connectivity index is 1.97. The second-order valence-electron chi connectivity index (χ2n) is 5.81. The summed E-state index contributed by atoms with van der Waals surface area (Å²) in [7, 11) is 1.67. The molecule has 4 heteroatoms. The van der Waals surface area contributed by atoms with Gasteiger partial charge in [-0.1, -0.05) is 6.42 Å². The minimum absolute atomic E-state index is 0.0177. The maximum Gasteiger partial charge on any atom is 0.124 e. The number of nitrogens with zero attached hydrogens (tertiary/aromatic N) is 1. The SMILES string of the molecule is COc1ccc2c(c1)C(N1CCCCC1C)C(O)CO2. The summed E-state index contributed by atoms with van der Waals surface area (Å²) in [6, 6.07) is 6.38. The highest BCUT2D eigenvalue weighted by molar-refractivity contribution is 5.44. The van der Waals surface area contributed by atoms with Gasteiger partial charge in [0.2, 0.25) is 0 Å². The first-order chi connectivity index (χ1) is 9.70. The van der Waals surface area contributed by atoms with E-state index < -0.39 is 6.10 Å². The van der Waals surface area contributed by atoms with Crippen molar-refractivity contribution in [2.75, 3.05) is 20.3 Å². The van der Waals surface area contributed by atoms with Crippen LogP contribution in [0.5, 0.6) is 11.5 Å². The molecule has 3 unspecified atom stereocenters. The Bertz CT molecular complexity index is 477. The van der Waals surface area contributed by atoms with Crippen molar-refractivity contribution >= 4 is 0 Å². The molecule has 0 radical (unpaired) electrons. The zero-order valence-electron chi connectivity index (χ0n) is 12.2. The summed E-state index contributed by atoms with van der Waals surface area (Å²) in [6.45, 7) is 3.66. The van der Waals surface area contributed by atoms with E-state index in [1.807, 2.05) is 18.2 Å². The summed E-state index contributed by atoms with van der Waals surface area (Å²) in [5.74, 6) is 1.69. The molecule has 0 bridgehead atoms. The molecule has 1 fully saturated rings. The van der Waals surface area contributed by atoms with Gasteiger partial charge in [-0.3, -0.25) is 4.90 Å². The highest BCUT2D eigenvalue weighted by Crippen LogP contribution is 2.40. The summed E-state index contributed by atoms with van der Waals surface area (Å²) in [5.41, 5.74) is 1.05. The van der Waals surface area contributed by atoms with E-state index in [-0.39, 0.29) is 6.04 Å². The lowest BCUT2D eigenvalue weighted by molar-refractivity contribution is -0.0248. The van der Waals surface area contributed by atoms with Crippen LogP contribution in [-0.2, 0) is 0 Å². The Hall–Kier alpha value is -1.26. The van der Waals surface area contributed by atoms with Crippen molar-refractivity contribution in [1.82, 2.24) is 4.90 Å². The molecule has 1 aromatic rings. The fraction of sp³-hybridized carbons (Fsp3) is 0.625. The van der Waals surface area contributed by atoms with E-state index in [0.717, 1.165) is 23.6 Å². The number of methoxy groups -OCH3 is 1. The van der Waals surface area contributed by atoms with Gasteiger partial charge in [0.05, 0.1) is 13.2 Å². The number of likely N-dealkylation sites (tertiary alicyclic amines) is 1. The highest BCUT2D eigenvalue weighted by Gasteiger charge is 2.37. The van der Waals surface area contributed by atoms with Gasteiger partial charge in [-0.05, 0) is 44.5 Å². The van der Waals surface area contributed by atoms with Crippen LogP contribution in [0.2, 0.25) is 0 Å². The minimum Gasteiger partial charge on any atom is -0.497 e. The smallest absolute Gasteiger partial charge is 0.124 e. The van der Waals surface area contributed by atoms with Gasteiger partial charge in [0.15, 0.2) is 0 Å². The van der Waals surface area contributed by atoms with E-state index in [4.69, 9.17) is 9.47 Å². The summed E-state index contributed by atoms with van der Waals surface area (Å²) >= 11 is 0. The number of ether oxygens (including phenoxy) is 2. The molecule has 1 aromatic carbocycles. The van der Waals surface area contributed by atoms with Crippen LogP contribution in [-0.4, -0.2) is 42.4 Å². The van der Waals surface area contributed by atoms with Gasteiger partial charge in [-0.15, -0.1) is 0 Å². The molecular formula is C16H23NO3. The Labute approximate surface area is 120 Å². The van der Waals surface area contributed by atoms with E-state index >= 15 is 0 Å². The largest absolute Gasteiger partial charge is 0.497 e. The van der Waals surface area contributed by atoms with E-state index in [2.05, 4.69) is 11.8 Å². The van der Waals surface area contributed by atoms with Gasteiger partial charge < -0.3 is 14.6 Å². The first-order valence-corrected chi connectivity index (χ1v) is 7.45. The molecule has 3 atom stereocenters. The normalized spacial score (nSPS) is 30.4. The molecular weight excluding hydrogens is 254 g/mol. The fourth-order valence-corrected chi connectivity index (χ4v) is 3.42. The van der Waals surface area contributed by atoms with Crippen molar-refractivity contribution in [2.45, 2.75) is 44.4 Å². The molecule has 2 heterocycles. The van der Waals surface area contributed by atoms with Crippen molar-refractivity contribution < 1.29 is 14.6 Å². The number of piperidine rings is 1. The molecule has 0 amide bonds. The molecule has 1 saturated heterocycles. The Kier molecular flexibility index (Phi) is 3.85. The Morgan fingerprint density at radius 3 is 2.95 bits per heavy atom. The molecule has 20 heavy (non-hydrogen) atoms. The summed E-state index contributed by atoms with van der Waals surface area (Å²) in [5, 5.41) is 10.4. The maximum atomic E-state index is 10.4. The molecule has 2 aliphatic heterocycles. The predicted octanol–water partition coefficient (Wildman–Crippen LogP) is 2.36. The molecule has 2 aliphatic rings. The number of hydrogen-bond acceptors (Lipinski definition) is 4. The zero-order chi connectivity index (χ0) is 14.1. The van der Waals surface area contributed by atoms with Crippen LogP contribution >= 0.6 is 0 Å². The van der Waals surface area contributed by atoms with Crippen molar-refractivity contribution in [1.29, 1.82) is 0 Å². The summed E-state index contributed by atoms with van der Waals surface area (Å²) < 4.78 is 11.0. The van der Waals surface area contributed by atoms with Gasteiger partial charge in [0.1, 0.15) is 24.2 Å². The summed E-state index contributed by atoms with van der Waals surface area (Å²) in [4.78, 5) is 2.43. The predicted molar refractivity (Wildman–Crippen MR) is 77.3 cm³/mol. The van der Waals surface area contributed by atoms with Gasteiger partial charge in [0.25, 0.3) is 0 Å². The molecule has 110 valence electrons. The van der Waals surface area contributed by atoms with Crippen LogP contribution in [0.3, 0.4) is 0 Å². The van der Waals surface area contributed by atoms with Crippen LogP contribution in [0.15, 0.2) is 18.2 Å². The Morgan fingerprint density at radius 1 is 1.35 bits per heavy atom. The van der Waals surface area contributed by atoms with E-state index in [0.29, 0.717) is 12.6 Å². The van der Waals surface area contributed by atoms with E-state index in [1.54, 1.807) is 7.11 Å². The van der Waals surface area contributed by atoms with E-state index in [1.165, 1.54) is 19.3 Å². The van der Waals surface area contributed by atoms with Crippen molar-refractivity contribution in [3.05, 3.63) is 23.8 Å². The third kappa shape index (κ3) is 2.38. The maximum absolute atomic E-state index is 10.4. The minimum atomic E-state index is -0.477. The molecule has 3 rings (SSSR count). The lowest BCUT2D eigenvalue weighted by Gasteiger charge is -2.44. The highest BCUT2D eigenvalue weighted by atomic mass is 16.5. The quantitative estimate of drug-likeness (QED) is 0.901. The second kappa shape index (κ2) is 5.62. The molecule has 4 nitrogen and oxygen atoms in total. The molecule has 0 saturated carbocycles. The number of fused-ring (bicyclic) bond motifs is 1. The van der Waals surface area contributed by atoms with Crippen molar-refractivity contribution in [3.63, 3.8) is 0 Å². The fourth-order valence-electron chi connectivity index (χ4n) is 3.42. The average Bonchev–Trinajstić information content (AvgIpc) is 2.48. The van der Waals surface area contributed by atoms with Crippen LogP contribution in [0.1, 0.15) is 37.8 Å². The number of aliphatic hydroxyl groups is 1. The van der Waals surface area contributed by atoms with E-state index in [9.17, 15) is 5.11 Å². The molecule has 0 spiro atoms. The third-order valence-corrected chi connectivity index (χ3v) is 4.52. The van der Waals surface area contributed by atoms with Gasteiger partial charge >= 0.3 is 0 Å². The monoisotopic (exact) mass is 277 g/mol. The first kappa shape index (κ1) is 13.7. The lowest BCUT2D eigenvalue weighted by Crippen LogP contribution is -2.48. The molecule has 0 aliphatic carbocycles. The van der Waals surface area contributed by atoms with Gasteiger partial charge in [-0.25, -0.2) is 0 Å². The van der Waals surface area contributed by atoms with Crippen LogP contribution in [0, 0.1) is 0 Å². The lowest BCUT2D eigenvalue weighted by atomic mass is 9.92. The van der Waals surface area contributed by atoms with Crippen LogP contribution in [0.25, 0.3) is 0 Å². The second-order valence-corrected chi connectivity index (χ2v) is 5.81. The van der Waals surface area contributed by atoms with Gasteiger partial charge in [-0.2, -0.15) is 0 Å². The topological polar surface area (TPSA) is 41.9 Å². The van der Waals surface area contributed by atoms with Crippen LogP contribution < -0.4 is 9.47 Å².